The van der Waals surface area contributed by atoms with Gasteiger partial charge in [0.15, 0.2) is 0 Å². The first-order chi connectivity index (χ1) is 12.6. The molecule has 1 aliphatic rings. The zero-order valence-electron chi connectivity index (χ0n) is 14.8. The topological polar surface area (TPSA) is 61.3 Å². The molecular weight excluding hydrogens is 394 g/mol. The van der Waals surface area contributed by atoms with E-state index in [4.69, 9.17) is 0 Å². The molecule has 3 heterocycles. The average Bonchev–Trinajstić information content (AvgIpc) is 2.68. The van der Waals surface area contributed by atoms with Crippen LogP contribution in [0.2, 0.25) is 0 Å². The Morgan fingerprint density at radius 1 is 0.923 bits per heavy atom. The summed E-state index contributed by atoms with van der Waals surface area (Å²) in [6.45, 7) is 3.64. The molecule has 3 aromatic rings. The van der Waals surface area contributed by atoms with E-state index in [-0.39, 0.29) is 0 Å². The van der Waals surface area contributed by atoms with Crippen LogP contribution in [0.25, 0.3) is 10.9 Å². The number of halogens is 1. The number of rotatable bonds is 3. The molecule has 0 aliphatic carbocycles. The van der Waals surface area contributed by atoms with E-state index in [0.29, 0.717) is 0 Å². The van der Waals surface area contributed by atoms with Crippen molar-refractivity contribution in [2.75, 3.05) is 55.0 Å². The SMILES string of the molecule is CN(C)c1ncnc2ccc(N3CCN(c4ncc(Br)cn4)CC3)cc12. The summed E-state index contributed by atoms with van der Waals surface area (Å²) in [5.41, 5.74) is 2.17. The molecule has 0 saturated carbocycles. The van der Waals surface area contributed by atoms with Crippen LogP contribution in [0.1, 0.15) is 0 Å². The summed E-state index contributed by atoms with van der Waals surface area (Å²) < 4.78 is 0.898. The Morgan fingerprint density at radius 2 is 1.62 bits per heavy atom. The largest absolute Gasteiger partial charge is 0.368 e. The Labute approximate surface area is 160 Å². The summed E-state index contributed by atoms with van der Waals surface area (Å²) in [5.74, 6) is 1.73. The zero-order chi connectivity index (χ0) is 18.1. The van der Waals surface area contributed by atoms with E-state index in [1.165, 1.54) is 5.69 Å². The molecule has 1 aromatic carbocycles. The van der Waals surface area contributed by atoms with E-state index in [2.05, 4.69) is 63.9 Å². The van der Waals surface area contributed by atoms with Gasteiger partial charge in [-0.1, -0.05) is 0 Å². The lowest BCUT2D eigenvalue weighted by atomic mass is 10.1. The van der Waals surface area contributed by atoms with Crippen molar-refractivity contribution in [2.24, 2.45) is 0 Å². The molecule has 0 atom stereocenters. The van der Waals surface area contributed by atoms with Crippen LogP contribution in [0, 0.1) is 0 Å². The molecule has 0 amide bonds. The van der Waals surface area contributed by atoms with Gasteiger partial charge in [0, 0.05) is 63.7 Å². The number of anilines is 3. The van der Waals surface area contributed by atoms with E-state index in [1.807, 2.05) is 19.0 Å². The van der Waals surface area contributed by atoms with Gasteiger partial charge in [-0.05, 0) is 34.1 Å². The van der Waals surface area contributed by atoms with Crippen LogP contribution in [0.5, 0.6) is 0 Å². The first-order valence-corrected chi connectivity index (χ1v) is 9.30. The minimum atomic E-state index is 0.787. The van der Waals surface area contributed by atoms with E-state index < -0.39 is 0 Å². The van der Waals surface area contributed by atoms with Gasteiger partial charge in [0.2, 0.25) is 5.95 Å². The number of piperazine rings is 1. The average molecular weight is 414 g/mol. The molecule has 1 aliphatic heterocycles. The normalized spacial score (nSPS) is 14.7. The predicted molar refractivity (Wildman–Crippen MR) is 108 cm³/mol. The molecule has 0 N–H and O–H groups in total. The van der Waals surface area contributed by atoms with Gasteiger partial charge in [0.1, 0.15) is 12.1 Å². The smallest absolute Gasteiger partial charge is 0.225 e. The summed E-state index contributed by atoms with van der Waals surface area (Å²) in [6.07, 6.45) is 5.20. The van der Waals surface area contributed by atoms with E-state index in [0.717, 1.165) is 53.3 Å². The molecule has 0 unspecified atom stereocenters. The second kappa shape index (κ2) is 7.03. The van der Waals surface area contributed by atoms with Gasteiger partial charge in [0.05, 0.1) is 9.99 Å². The third-order valence-corrected chi connectivity index (χ3v) is 4.97. The first-order valence-electron chi connectivity index (χ1n) is 8.51. The summed E-state index contributed by atoms with van der Waals surface area (Å²) in [4.78, 5) is 24.2. The van der Waals surface area contributed by atoms with Crippen molar-refractivity contribution in [2.45, 2.75) is 0 Å². The van der Waals surface area contributed by atoms with E-state index in [1.54, 1.807) is 18.7 Å². The van der Waals surface area contributed by atoms with Crippen LogP contribution >= 0.6 is 15.9 Å². The predicted octanol–water partition coefficient (Wildman–Crippen LogP) is 2.57. The molecule has 8 heteroatoms. The van der Waals surface area contributed by atoms with Crippen molar-refractivity contribution in [3.8, 4) is 0 Å². The molecule has 0 bridgehead atoms. The fraction of sp³-hybridized carbons (Fsp3) is 0.333. The fourth-order valence-electron chi connectivity index (χ4n) is 3.22. The minimum Gasteiger partial charge on any atom is -0.368 e. The van der Waals surface area contributed by atoms with E-state index in [9.17, 15) is 0 Å². The highest BCUT2D eigenvalue weighted by Gasteiger charge is 2.20. The maximum atomic E-state index is 4.42. The monoisotopic (exact) mass is 413 g/mol. The lowest BCUT2D eigenvalue weighted by molar-refractivity contribution is 0.640. The highest BCUT2D eigenvalue weighted by Crippen LogP contribution is 2.27. The van der Waals surface area contributed by atoms with Gasteiger partial charge in [-0.15, -0.1) is 0 Å². The number of hydrogen-bond acceptors (Lipinski definition) is 7. The number of hydrogen-bond donors (Lipinski definition) is 0. The summed E-state index contributed by atoms with van der Waals surface area (Å²) >= 11 is 3.38. The second-order valence-electron chi connectivity index (χ2n) is 6.47. The maximum absolute atomic E-state index is 4.42. The Kier molecular flexibility index (Phi) is 4.58. The molecule has 0 radical (unpaired) electrons. The highest BCUT2D eigenvalue weighted by molar-refractivity contribution is 9.10. The fourth-order valence-corrected chi connectivity index (χ4v) is 3.42. The van der Waals surface area contributed by atoms with Crippen LogP contribution in [-0.4, -0.2) is 60.2 Å². The Hall–Kier alpha value is -2.48. The molecule has 4 rings (SSSR count). The van der Waals surface area contributed by atoms with Crippen molar-refractivity contribution in [3.05, 3.63) is 41.4 Å². The van der Waals surface area contributed by atoms with Gasteiger partial charge < -0.3 is 14.7 Å². The highest BCUT2D eigenvalue weighted by atomic mass is 79.9. The van der Waals surface area contributed by atoms with Gasteiger partial charge in [-0.2, -0.15) is 0 Å². The van der Waals surface area contributed by atoms with Crippen LogP contribution in [0.15, 0.2) is 41.4 Å². The lowest BCUT2D eigenvalue weighted by Crippen LogP contribution is -2.47. The van der Waals surface area contributed by atoms with Crippen molar-refractivity contribution in [1.29, 1.82) is 0 Å². The lowest BCUT2D eigenvalue weighted by Gasteiger charge is -2.36. The summed E-state index contributed by atoms with van der Waals surface area (Å²) in [5, 5.41) is 1.08. The number of fused-ring (bicyclic) bond motifs is 1. The maximum Gasteiger partial charge on any atom is 0.225 e. The molecule has 2 aromatic heterocycles. The van der Waals surface area contributed by atoms with Crippen molar-refractivity contribution < 1.29 is 0 Å². The summed E-state index contributed by atoms with van der Waals surface area (Å²) in [7, 11) is 4.01. The van der Waals surface area contributed by atoms with Gasteiger partial charge in [0.25, 0.3) is 0 Å². The van der Waals surface area contributed by atoms with Crippen molar-refractivity contribution >= 4 is 44.3 Å². The quantitative estimate of drug-likeness (QED) is 0.653. The van der Waals surface area contributed by atoms with Gasteiger partial charge >= 0.3 is 0 Å². The van der Waals surface area contributed by atoms with Crippen molar-refractivity contribution in [3.63, 3.8) is 0 Å². The molecule has 26 heavy (non-hydrogen) atoms. The number of benzene rings is 1. The Morgan fingerprint density at radius 3 is 2.31 bits per heavy atom. The zero-order valence-corrected chi connectivity index (χ0v) is 16.4. The Balaban J connectivity index is 1.54. The van der Waals surface area contributed by atoms with E-state index >= 15 is 0 Å². The third kappa shape index (κ3) is 3.29. The number of nitrogens with zero attached hydrogens (tertiary/aromatic N) is 7. The van der Waals surface area contributed by atoms with Crippen LogP contribution in [0.3, 0.4) is 0 Å². The van der Waals surface area contributed by atoms with Gasteiger partial charge in [-0.3, -0.25) is 0 Å². The third-order valence-electron chi connectivity index (χ3n) is 4.56. The van der Waals surface area contributed by atoms with Crippen molar-refractivity contribution in [1.82, 2.24) is 19.9 Å². The Bertz CT molecular complexity index is 905. The molecule has 1 fully saturated rings. The second-order valence-corrected chi connectivity index (χ2v) is 7.38. The molecule has 0 spiro atoms. The van der Waals surface area contributed by atoms with Crippen LogP contribution in [0.4, 0.5) is 17.5 Å². The van der Waals surface area contributed by atoms with Crippen LogP contribution < -0.4 is 14.7 Å². The molecule has 7 nitrogen and oxygen atoms in total. The van der Waals surface area contributed by atoms with Crippen LogP contribution in [-0.2, 0) is 0 Å². The first kappa shape index (κ1) is 17.0. The summed E-state index contributed by atoms with van der Waals surface area (Å²) in [6, 6.07) is 6.40. The molecular formula is C18H20BrN7. The minimum absolute atomic E-state index is 0.787. The number of aromatic nitrogens is 4. The standard InChI is InChI=1S/C18H20BrN7/c1-24(2)17-15-9-14(3-4-16(15)22-12-23-17)25-5-7-26(8-6-25)18-20-10-13(19)11-21-18/h3-4,9-12H,5-8H2,1-2H3. The van der Waals surface area contributed by atoms with Gasteiger partial charge in [-0.25, -0.2) is 19.9 Å². The molecule has 1 saturated heterocycles. The molecule has 134 valence electrons.